The number of Topliss-reactive ketones (excluding diaryl/α,β-unsaturated/α-hetero) is 1. The van der Waals surface area contributed by atoms with Gasteiger partial charge in [-0.15, -0.1) is 11.8 Å². The van der Waals surface area contributed by atoms with Crippen LogP contribution in [0.25, 0.3) is 0 Å². The minimum atomic E-state index is -0.913. The number of unbranched alkanes of at least 4 members (excludes halogenated alkanes) is 3. The fourth-order valence-electron chi connectivity index (χ4n) is 5.98. The Morgan fingerprint density at radius 3 is 2.34 bits per heavy atom. The molecule has 322 valence electrons. The number of imide groups is 1. The number of alkyl carbamates (subject to hydrolysis) is 1. The summed E-state index contributed by atoms with van der Waals surface area (Å²) >= 11 is 1.14. The summed E-state index contributed by atoms with van der Waals surface area (Å²) in [6, 6.07) is 3.34. The van der Waals surface area contributed by atoms with E-state index in [4.69, 9.17) is 19.9 Å². The molecular weight excluding hydrogens is 779 g/mol. The number of ether oxygens (including phenoxy) is 3. The van der Waals surface area contributed by atoms with Gasteiger partial charge in [-0.05, 0) is 43.7 Å². The number of urea groups is 1. The topological polar surface area (TPSA) is 271 Å². The maximum atomic E-state index is 13.6. The monoisotopic (exact) mass is 835 g/mol. The molecule has 20 heteroatoms. The van der Waals surface area contributed by atoms with E-state index in [0.717, 1.165) is 11.8 Å². The number of benzene rings is 1. The molecule has 19 nitrogen and oxygen atoms in total. The van der Waals surface area contributed by atoms with E-state index in [1.807, 2.05) is 0 Å². The molecule has 1 fully saturated rings. The van der Waals surface area contributed by atoms with Crippen molar-refractivity contribution in [3.8, 4) is 5.75 Å². The lowest BCUT2D eigenvalue weighted by atomic mass is 9.89. The van der Waals surface area contributed by atoms with Crippen molar-refractivity contribution in [3.63, 3.8) is 0 Å². The predicted octanol–water partition coefficient (Wildman–Crippen LogP) is 2.10. The Morgan fingerprint density at radius 2 is 1.71 bits per heavy atom. The van der Waals surface area contributed by atoms with Crippen LogP contribution in [0.3, 0.4) is 0 Å². The van der Waals surface area contributed by atoms with Crippen molar-refractivity contribution in [2.75, 3.05) is 37.8 Å². The Morgan fingerprint density at radius 1 is 1.00 bits per heavy atom. The molecule has 1 aromatic carbocycles. The Labute approximate surface area is 342 Å². The number of ketones is 1. The van der Waals surface area contributed by atoms with E-state index in [-0.39, 0.29) is 87.2 Å². The average Bonchev–Trinajstić information content (AvgIpc) is 3.43. The van der Waals surface area contributed by atoms with Crippen molar-refractivity contribution in [1.82, 2.24) is 26.2 Å². The molecule has 1 aliphatic heterocycles. The molecule has 0 spiro atoms. The minimum Gasteiger partial charge on any atom is -0.493 e. The number of nitrogens with two attached hydrogens (primary N) is 1. The first-order valence-corrected chi connectivity index (χ1v) is 20.2. The molecular formula is C38H57N7O12S. The van der Waals surface area contributed by atoms with Gasteiger partial charge in [0.05, 0.1) is 23.7 Å². The SMILES string of the molecule is CNC(=O)OCc1ccc(NC(=O)[C@H](CCCNC(N)=O)CC(=O)[C@@H](NC(C)=O)C(C)C)cc1OCCCCCCN1C(=O)CC(SC[C@H](NC(C)=O)OC=O)C1=O. The van der Waals surface area contributed by atoms with Gasteiger partial charge in [-0.3, -0.25) is 38.5 Å². The summed E-state index contributed by atoms with van der Waals surface area (Å²) in [4.78, 5) is 110. The minimum absolute atomic E-state index is 0.0150. The Balaban J connectivity index is 2.02. The second kappa shape index (κ2) is 25.8. The van der Waals surface area contributed by atoms with Crippen molar-refractivity contribution in [2.45, 2.75) is 103 Å². The van der Waals surface area contributed by atoms with Gasteiger partial charge in [0.25, 0.3) is 6.47 Å². The number of hydrogen-bond acceptors (Lipinski definition) is 13. The van der Waals surface area contributed by atoms with Crippen molar-refractivity contribution >= 4 is 71.4 Å². The van der Waals surface area contributed by atoms with Crippen LogP contribution in [0.4, 0.5) is 15.3 Å². The maximum absolute atomic E-state index is 13.6. The van der Waals surface area contributed by atoms with Crippen molar-refractivity contribution < 1.29 is 57.4 Å². The van der Waals surface area contributed by atoms with Gasteiger partial charge in [0.2, 0.25) is 29.5 Å². The van der Waals surface area contributed by atoms with Gasteiger partial charge in [0.1, 0.15) is 12.4 Å². The van der Waals surface area contributed by atoms with Gasteiger partial charge in [-0.25, -0.2) is 9.59 Å². The highest BCUT2D eigenvalue weighted by Crippen LogP contribution is 2.28. The highest BCUT2D eigenvalue weighted by molar-refractivity contribution is 8.00. The van der Waals surface area contributed by atoms with Gasteiger partial charge in [0, 0.05) is 70.1 Å². The lowest BCUT2D eigenvalue weighted by Crippen LogP contribution is -2.44. The first-order valence-electron chi connectivity index (χ1n) is 19.1. The number of primary amides is 1. The van der Waals surface area contributed by atoms with Gasteiger partial charge >= 0.3 is 12.1 Å². The van der Waals surface area contributed by atoms with E-state index in [1.54, 1.807) is 32.0 Å². The molecule has 1 aromatic rings. The number of nitrogens with zero attached hydrogens (tertiary/aromatic N) is 1. The van der Waals surface area contributed by atoms with Gasteiger partial charge in [-0.2, -0.15) is 0 Å². The van der Waals surface area contributed by atoms with Crippen LogP contribution in [0, 0.1) is 11.8 Å². The summed E-state index contributed by atoms with van der Waals surface area (Å²) in [6.07, 6.45) is 1.44. The van der Waals surface area contributed by atoms with Gasteiger partial charge < -0.3 is 46.5 Å². The number of thioether (sulfide) groups is 1. The standard InChI is InChI=1S/C38H57N7O12S/c1-23(2)34(43-25(4)48)29(49)17-26(11-10-14-41-37(39)53)35(51)44-28-13-12-27(20-56-38(54)40-5)30(18-28)55-16-9-7-6-8-15-45-33(50)19-31(36(45)52)58-21-32(57-22-46)42-24(3)47/h12-13,18,22-23,26,31-32,34H,6-11,14-17,19-21H2,1-5H3,(H,40,54)(H,42,47)(H,43,48)(H,44,51)(H3,39,41,53)/t26-,31?,32-,34+/m1/s1. The number of carbonyl (C=O) groups excluding carboxylic acids is 9. The molecule has 1 saturated heterocycles. The second-order valence-electron chi connectivity index (χ2n) is 14.0. The molecule has 7 N–H and O–H groups in total. The van der Waals surface area contributed by atoms with Crippen LogP contribution in [0.2, 0.25) is 0 Å². The summed E-state index contributed by atoms with van der Waals surface area (Å²) in [5.74, 6) is -2.72. The van der Waals surface area contributed by atoms with Crippen LogP contribution in [-0.4, -0.2) is 109 Å². The first-order chi connectivity index (χ1) is 27.6. The normalized spacial score (nSPS) is 15.1. The number of amides is 8. The zero-order chi connectivity index (χ0) is 43.2. The Bertz CT molecular complexity index is 1610. The van der Waals surface area contributed by atoms with Crippen molar-refractivity contribution in [3.05, 3.63) is 23.8 Å². The third kappa shape index (κ3) is 17.8. The fraction of sp³-hybridized carbons (Fsp3) is 0.605. The summed E-state index contributed by atoms with van der Waals surface area (Å²) in [5.41, 5.74) is 6.05. The Kier molecular flexibility index (Phi) is 21.7. The molecule has 0 saturated carbocycles. The lowest BCUT2D eigenvalue weighted by molar-refractivity contribution is -0.139. The number of nitrogens with one attached hydrogen (secondary N) is 5. The summed E-state index contributed by atoms with van der Waals surface area (Å²) < 4.78 is 16.1. The van der Waals surface area contributed by atoms with Crippen molar-refractivity contribution in [1.29, 1.82) is 0 Å². The van der Waals surface area contributed by atoms with Crippen LogP contribution in [0.15, 0.2) is 18.2 Å². The van der Waals surface area contributed by atoms with E-state index >= 15 is 0 Å². The smallest absolute Gasteiger partial charge is 0.407 e. The number of likely N-dealkylation sites (tertiary alicyclic amines) is 1. The van der Waals surface area contributed by atoms with E-state index in [2.05, 4.69) is 26.6 Å². The maximum Gasteiger partial charge on any atom is 0.407 e. The number of rotatable bonds is 27. The summed E-state index contributed by atoms with van der Waals surface area (Å²) in [5, 5.41) is 12.2. The Hall–Kier alpha value is -5.40. The second-order valence-corrected chi connectivity index (χ2v) is 15.2. The molecule has 1 unspecified atom stereocenters. The molecule has 0 radical (unpaired) electrons. The van der Waals surface area contributed by atoms with E-state index in [0.29, 0.717) is 49.1 Å². The van der Waals surface area contributed by atoms with Crippen LogP contribution in [0.1, 0.15) is 84.6 Å². The fourth-order valence-corrected chi connectivity index (χ4v) is 7.08. The van der Waals surface area contributed by atoms with E-state index in [9.17, 15) is 43.2 Å². The summed E-state index contributed by atoms with van der Waals surface area (Å²) in [6.45, 7) is 6.96. The van der Waals surface area contributed by atoms with Crippen LogP contribution in [0.5, 0.6) is 5.75 Å². The molecule has 0 aliphatic carbocycles. The van der Waals surface area contributed by atoms with Crippen molar-refractivity contribution in [2.24, 2.45) is 17.6 Å². The molecule has 0 aromatic heterocycles. The zero-order valence-corrected chi connectivity index (χ0v) is 34.5. The molecule has 2 rings (SSSR count). The lowest BCUT2D eigenvalue weighted by Gasteiger charge is -2.23. The van der Waals surface area contributed by atoms with Crippen LogP contribution < -0.4 is 37.1 Å². The third-order valence-electron chi connectivity index (χ3n) is 8.89. The molecule has 1 aliphatic rings. The highest BCUT2D eigenvalue weighted by Gasteiger charge is 2.39. The molecule has 8 amide bonds. The molecule has 58 heavy (non-hydrogen) atoms. The quantitative estimate of drug-likeness (QED) is 0.0321. The van der Waals surface area contributed by atoms with Crippen LogP contribution >= 0.6 is 11.8 Å². The van der Waals surface area contributed by atoms with E-state index in [1.165, 1.54) is 25.8 Å². The van der Waals surface area contributed by atoms with Crippen LogP contribution in [-0.2, 0) is 49.6 Å². The number of anilines is 1. The molecule has 4 atom stereocenters. The first kappa shape index (κ1) is 48.7. The highest BCUT2D eigenvalue weighted by atomic mass is 32.2. The van der Waals surface area contributed by atoms with Gasteiger partial charge in [-0.1, -0.05) is 26.7 Å². The third-order valence-corrected chi connectivity index (χ3v) is 10.2. The number of hydrogen-bond donors (Lipinski definition) is 6. The molecule has 1 heterocycles. The number of carbonyl (C=O) groups is 9. The predicted molar refractivity (Wildman–Crippen MR) is 213 cm³/mol. The van der Waals surface area contributed by atoms with Gasteiger partial charge in [0.15, 0.2) is 12.0 Å². The summed E-state index contributed by atoms with van der Waals surface area (Å²) in [7, 11) is 1.42. The van der Waals surface area contributed by atoms with E-state index < -0.39 is 47.4 Å². The molecule has 0 bridgehead atoms. The zero-order valence-electron chi connectivity index (χ0n) is 33.7. The largest absolute Gasteiger partial charge is 0.493 e. The average molecular weight is 836 g/mol.